The smallest absolute Gasteiger partial charge is 0.315 e. The molecule has 1 unspecified atom stereocenters. The summed E-state index contributed by atoms with van der Waals surface area (Å²) in [6, 6.07) is 7.87. The summed E-state index contributed by atoms with van der Waals surface area (Å²) in [5.74, 6) is 0.979. The SMILES string of the molecule is CCn1c(CCNC(=O)NC(C)(CC)CCO)nc2ccccc21. The monoisotopic (exact) mass is 332 g/mol. The maximum Gasteiger partial charge on any atom is 0.315 e. The van der Waals surface area contributed by atoms with Crippen LogP contribution in [0.3, 0.4) is 0 Å². The van der Waals surface area contributed by atoms with Gasteiger partial charge in [0.1, 0.15) is 5.82 Å². The number of carbonyl (C=O) groups is 1. The van der Waals surface area contributed by atoms with E-state index in [9.17, 15) is 4.79 Å². The minimum absolute atomic E-state index is 0.0607. The molecule has 0 spiro atoms. The Morgan fingerprint density at radius 2 is 2.08 bits per heavy atom. The highest BCUT2D eigenvalue weighted by molar-refractivity contribution is 5.76. The highest BCUT2D eigenvalue weighted by atomic mass is 16.3. The number of hydrogen-bond donors (Lipinski definition) is 3. The van der Waals surface area contributed by atoms with Crippen molar-refractivity contribution < 1.29 is 9.90 Å². The molecule has 3 N–H and O–H groups in total. The Hall–Kier alpha value is -2.08. The van der Waals surface area contributed by atoms with Crippen molar-refractivity contribution in [2.24, 2.45) is 0 Å². The average Bonchev–Trinajstić information content (AvgIpc) is 2.92. The van der Waals surface area contributed by atoms with Crippen molar-refractivity contribution >= 4 is 17.1 Å². The quantitative estimate of drug-likeness (QED) is 0.695. The molecule has 1 aromatic carbocycles. The summed E-state index contributed by atoms with van der Waals surface area (Å²) in [5, 5.41) is 15.0. The maximum atomic E-state index is 12.1. The van der Waals surface area contributed by atoms with Gasteiger partial charge in [0.15, 0.2) is 0 Å². The Balaban J connectivity index is 1.93. The molecule has 1 atom stereocenters. The van der Waals surface area contributed by atoms with Gasteiger partial charge in [0.05, 0.1) is 11.0 Å². The fraction of sp³-hybridized carbons (Fsp3) is 0.556. The molecule has 0 saturated carbocycles. The Kier molecular flexibility index (Phi) is 6.20. The van der Waals surface area contributed by atoms with Crippen LogP contribution in [0.5, 0.6) is 0 Å². The molecular weight excluding hydrogens is 304 g/mol. The summed E-state index contributed by atoms with van der Waals surface area (Å²) in [5.41, 5.74) is 1.73. The fourth-order valence-electron chi connectivity index (χ4n) is 2.85. The van der Waals surface area contributed by atoms with Gasteiger partial charge in [0.2, 0.25) is 0 Å². The van der Waals surface area contributed by atoms with E-state index in [2.05, 4.69) is 33.2 Å². The second kappa shape index (κ2) is 8.15. The van der Waals surface area contributed by atoms with E-state index in [1.807, 2.05) is 32.0 Å². The van der Waals surface area contributed by atoms with E-state index in [0.29, 0.717) is 19.4 Å². The lowest BCUT2D eigenvalue weighted by Gasteiger charge is -2.29. The van der Waals surface area contributed by atoms with Gasteiger partial charge in [0.25, 0.3) is 0 Å². The Bertz CT molecular complexity index is 683. The van der Waals surface area contributed by atoms with Gasteiger partial charge in [-0.2, -0.15) is 0 Å². The second-order valence-electron chi connectivity index (χ2n) is 6.28. The third-order valence-corrected chi connectivity index (χ3v) is 4.54. The van der Waals surface area contributed by atoms with Crippen molar-refractivity contribution in [1.82, 2.24) is 20.2 Å². The van der Waals surface area contributed by atoms with E-state index in [-0.39, 0.29) is 18.2 Å². The molecule has 0 aliphatic heterocycles. The number of imidazole rings is 1. The maximum absolute atomic E-state index is 12.1. The van der Waals surface area contributed by atoms with E-state index >= 15 is 0 Å². The van der Waals surface area contributed by atoms with Crippen molar-refractivity contribution in [3.05, 3.63) is 30.1 Å². The molecule has 132 valence electrons. The number of rotatable bonds is 8. The van der Waals surface area contributed by atoms with Gasteiger partial charge in [-0.1, -0.05) is 19.1 Å². The van der Waals surface area contributed by atoms with Gasteiger partial charge in [-0.15, -0.1) is 0 Å². The topological polar surface area (TPSA) is 79.2 Å². The first-order valence-corrected chi connectivity index (χ1v) is 8.64. The van der Waals surface area contributed by atoms with Crippen LogP contribution in [-0.2, 0) is 13.0 Å². The zero-order chi connectivity index (χ0) is 17.6. The van der Waals surface area contributed by atoms with Crippen LogP contribution in [0.1, 0.15) is 39.4 Å². The number of amides is 2. The summed E-state index contributed by atoms with van der Waals surface area (Å²) in [6.07, 6.45) is 1.99. The van der Waals surface area contributed by atoms with E-state index in [0.717, 1.165) is 29.8 Å². The third kappa shape index (κ3) is 4.26. The van der Waals surface area contributed by atoms with Crippen molar-refractivity contribution in [3.63, 3.8) is 0 Å². The van der Waals surface area contributed by atoms with Gasteiger partial charge in [-0.05, 0) is 38.8 Å². The number of benzene rings is 1. The van der Waals surface area contributed by atoms with Gasteiger partial charge in [0, 0.05) is 31.7 Å². The van der Waals surface area contributed by atoms with E-state index in [1.165, 1.54) is 0 Å². The number of urea groups is 1. The lowest BCUT2D eigenvalue weighted by atomic mass is 9.95. The van der Waals surface area contributed by atoms with Crippen LogP contribution in [0.4, 0.5) is 4.79 Å². The Labute approximate surface area is 143 Å². The largest absolute Gasteiger partial charge is 0.396 e. The number of aryl methyl sites for hydroxylation is 1. The van der Waals surface area contributed by atoms with Gasteiger partial charge in [-0.3, -0.25) is 0 Å². The van der Waals surface area contributed by atoms with Crippen molar-refractivity contribution in [2.75, 3.05) is 13.2 Å². The third-order valence-electron chi connectivity index (χ3n) is 4.54. The van der Waals surface area contributed by atoms with Crippen LogP contribution in [0.2, 0.25) is 0 Å². The van der Waals surface area contributed by atoms with Crippen LogP contribution in [0.25, 0.3) is 11.0 Å². The molecule has 1 aromatic heterocycles. The minimum Gasteiger partial charge on any atom is -0.396 e. The number of nitrogens with one attached hydrogen (secondary N) is 2. The number of aromatic nitrogens is 2. The molecule has 0 radical (unpaired) electrons. The Morgan fingerprint density at radius 1 is 1.33 bits per heavy atom. The molecule has 2 aromatic rings. The highest BCUT2D eigenvalue weighted by Gasteiger charge is 2.23. The van der Waals surface area contributed by atoms with Crippen molar-refractivity contribution in [3.8, 4) is 0 Å². The molecule has 6 heteroatoms. The minimum atomic E-state index is -0.380. The molecule has 0 bridgehead atoms. The number of aliphatic hydroxyl groups excluding tert-OH is 1. The normalized spacial score (nSPS) is 13.7. The first kappa shape index (κ1) is 18.3. The van der Waals surface area contributed by atoms with Gasteiger partial charge in [-0.25, -0.2) is 9.78 Å². The zero-order valence-electron chi connectivity index (χ0n) is 14.8. The lowest BCUT2D eigenvalue weighted by Crippen LogP contribution is -2.50. The van der Waals surface area contributed by atoms with Crippen LogP contribution >= 0.6 is 0 Å². The molecule has 0 aliphatic carbocycles. The molecule has 2 amide bonds. The zero-order valence-corrected chi connectivity index (χ0v) is 14.8. The van der Waals surface area contributed by atoms with Crippen LogP contribution in [0.15, 0.2) is 24.3 Å². The summed E-state index contributed by atoms with van der Waals surface area (Å²) in [6.45, 7) is 7.48. The van der Waals surface area contributed by atoms with Crippen LogP contribution in [0, 0.1) is 0 Å². The number of nitrogens with zero attached hydrogens (tertiary/aromatic N) is 2. The first-order chi connectivity index (χ1) is 11.5. The van der Waals surface area contributed by atoms with Crippen LogP contribution in [-0.4, -0.2) is 39.4 Å². The average molecular weight is 332 g/mol. The van der Waals surface area contributed by atoms with Crippen molar-refractivity contribution in [1.29, 1.82) is 0 Å². The predicted molar refractivity (Wildman–Crippen MR) is 96.0 cm³/mol. The molecule has 1 heterocycles. The number of carbonyl (C=O) groups excluding carboxylic acids is 1. The molecule has 24 heavy (non-hydrogen) atoms. The highest BCUT2D eigenvalue weighted by Crippen LogP contribution is 2.16. The number of aliphatic hydroxyl groups is 1. The molecular formula is C18H28N4O2. The second-order valence-corrected chi connectivity index (χ2v) is 6.28. The Morgan fingerprint density at radius 3 is 2.75 bits per heavy atom. The number of fused-ring (bicyclic) bond motifs is 1. The summed E-state index contributed by atoms with van der Waals surface area (Å²) < 4.78 is 2.18. The van der Waals surface area contributed by atoms with Crippen LogP contribution < -0.4 is 10.6 Å². The van der Waals surface area contributed by atoms with Gasteiger partial charge >= 0.3 is 6.03 Å². The lowest BCUT2D eigenvalue weighted by molar-refractivity contribution is 0.201. The van der Waals surface area contributed by atoms with E-state index in [4.69, 9.17) is 5.11 Å². The molecule has 0 saturated heterocycles. The first-order valence-electron chi connectivity index (χ1n) is 8.64. The molecule has 0 fully saturated rings. The summed E-state index contributed by atoms with van der Waals surface area (Å²) in [7, 11) is 0. The van der Waals surface area contributed by atoms with E-state index < -0.39 is 0 Å². The molecule has 6 nitrogen and oxygen atoms in total. The number of hydrogen-bond acceptors (Lipinski definition) is 3. The summed E-state index contributed by atoms with van der Waals surface area (Å²) in [4.78, 5) is 16.7. The standard InChI is InChI=1S/C18H28N4O2/c1-4-18(3,11-13-23)21-17(24)19-12-10-16-20-14-8-6-7-9-15(14)22(16)5-2/h6-9,23H,4-5,10-13H2,1-3H3,(H2,19,21,24). The molecule has 0 aliphatic rings. The van der Waals surface area contributed by atoms with Gasteiger partial charge < -0.3 is 20.3 Å². The summed E-state index contributed by atoms with van der Waals surface area (Å²) >= 11 is 0. The molecule has 2 rings (SSSR count). The fourth-order valence-corrected chi connectivity index (χ4v) is 2.85. The van der Waals surface area contributed by atoms with Crippen molar-refractivity contribution in [2.45, 2.75) is 52.1 Å². The predicted octanol–water partition coefficient (Wildman–Crippen LogP) is 2.45. The number of para-hydroxylation sites is 2. The van der Waals surface area contributed by atoms with E-state index in [1.54, 1.807) is 0 Å².